The number of amides is 1. The highest BCUT2D eigenvalue weighted by atomic mass is 35.5. The molecule has 5 nitrogen and oxygen atoms in total. The Morgan fingerprint density at radius 1 is 1.54 bits per heavy atom. The van der Waals surface area contributed by atoms with Gasteiger partial charge in [0.05, 0.1) is 28.3 Å². The lowest BCUT2D eigenvalue weighted by Crippen LogP contribution is -2.35. The van der Waals surface area contributed by atoms with E-state index in [1.54, 1.807) is 23.6 Å². The number of carbonyl (C=O) groups is 1. The maximum Gasteiger partial charge on any atom is 0.255 e. The van der Waals surface area contributed by atoms with E-state index in [0.29, 0.717) is 23.0 Å². The normalized spacial score (nSPS) is 16.7. The molecule has 1 amide bonds. The zero-order valence-corrected chi connectivity index (χ0v) is 15.8. The number of carbonyl (C=O) groups excluding carboxylic acids is 1. The number of hydrogen-bond donors (Lipinski definition) is 1. The first-order valence-electron chi connectivity index (χ1n) is 7.63. The second-order valence-corrected chi connectivity index (χ2v) is 7.11. The summed E-state index contributed by atoms with van der Waals surface area (Å²) >= 11 is 7.75. The summed E-state index contributed by atoms with van der Waals surface area (Å²) in [5.74, 6) is 0.435. The van der Waals surface area contributed by atoms with Crippen molar-refractivity contribution in [2.24, 2.45) is 5.92 Å². The van der Waals surface area contributed by atoms with E-state index in [-0.39, 0.29) is 18.3 Å². The van der Waals surface area contributed by atoms with Gasteiger partial charge in [0.2, 0.25) is 0 Å². The third kappa shape index (κ3) is 4.45. The number of nitrogens with zero attached hydrogens (tertiary/aromatic N) is 3. The largest absolute Gasteiger partial charge is 0.333 e. The van der Waals surface area contributed by atoms with Crippen molar-refractivity contribution in [2.75, 3.05) is 19.6 Å². The van der Waals surface area contributed by atoms with Crippen LogP contribution in [0.3, 0.4) is 0 Å². The van der Waals surface area contributed by atoms with Gasteiger partial charge in [-0.15, -0.1) is 23.7 Å². The molecule has 24 heavy (non-hydrogen) atoms. The standard InChI is InChI=1S/C16H19ClN4OS.ClH/c1-11-15(23-10-20-11)9-21(8-12-2-4-18-6-12)16(22)13-3-5-19-7-14(13)17;/h3,5,7,10,12,18H,2,4,6,8-9H2,1H3;1H. The van der Waals surface area contributed by atoms with Gasteiger partial charge in [-0.2, -0.15) is 0 Å². The molecule has 2 aromatic rings. The Kier molecular flexibility index (Phi) is 6.98. The first-order valence-corrected chi connectivity index (χ1v) is 8.89. The Balaban J connectivity index is 0.00000208. The minimum absolute atomic E-state index is 0. The first-order chi connectivity index (χ1) is 11.1. The van der Waals surface area contributed by atoms with Crippen molar-refractivity contribution >= 4 is 41.3 Å². The van der Waals surface area contributed by atoms with Crippen molar-refractivity contribution in [3.63, 3.8) is 0 Å². The fraction of sp³-hybridized carbons (Fsp3) is 0.438. The maximum absolute atomic E-state index is 13.0. The van der Waals surface area contributed by atoms with E-state index in [4.69, 9.17) is 11.6 Å². The smallest absolute Gasteiger partial charge is 0.255 e. The fourth-order valence-corrected chi connectivity index (χ4v) is 3.76. The monoisotopic (exact) mass is 386 g/mol. The van der Waals surface area contributed by atoms with Crippen LogP contribution in [0.5, 0.6) is 0 Å². The fourth-order valence-electron chi connectivity index (χ4n) is 2.77. The van der Waals surface area contributed by atoms with Crippen molar-refractivity contribution in [1.82, 2.24) is 20.2 Å². The third-order valence-corrected chi connectivity index (χ3v) is 5.33. The van der Waals surface area contributed by atoms with Crippen LogP contribution < -0.4 is 5.32 Å². The molecule has 1 unspecified atom stereocenters. The van der Waals surface area contributed by atoms with E-state index in [9.17, 15) is 4.79 Å². The number of thiazole rings is 1. The van der Waals surface area contributed by atoms with E-state index < -0.39 is 0 Å². The second kappa shape index (κ2) is 8.76. The van der Waals surface area contributed by atoms with Crippen LogP contribution in [0.2, 0.25) is 5.02 Å². The molecular weight excluding hydrogens is 367 g/mol. The zero-order chi connectivity index (χ0) is 16.2. The van der Waals surface area contributed by atoms with Gasteiger partial charge in [-0.1, -0.05) is 11.6 Å². The number of pyridine rings is 1. The quantitative estimate of drug-likeness (QED) is 0.856. The molecule has 0 aliphatic carbocycles. The van der Waals surface area contributed by atoms with Gasteiger partial charge in [0.25, 0.3) is 5.91 Å². The lowest BCUT2D eigenvalue weighted by molar-refractivity contribution is 0.0720. The molecule has 1 N–H and O–H groups in total. The molecule has 8 heteroatoms. The first kappa shape index (κ1) is 19.1. The van der Waals surface area contributed by atoms with Crippen LogP contribution in [0.4, 0.5) is 0 Å². The predicted molar refractivity (Wildman–Crippen MR) is 99.1 cm³/mol. The summed E-state index contributed by atoms with van der Waals surface area (Å²) in [5, 5.41) is 3.75. The molecule has 0 bridgehead atoms. The van der Waals surface area contributed by atoms with E-state index in [0.717, 1.165) is 36.6 Å². The average Bonchev–Trinajstić information content (AvgIpc) is 3.19. The van der Waals surface area contributed by atoms with Crippen LogP contribution in [0, 0.1) is 12.8 Å². The molecule has 3 heterocycles. The van der Waals surface area contributed by atoms with Gasteiger partial charge >= 0.3 is 0 Å². The van der Waals surface area contributed by atoms with Gasteiger partial charge in [-0.05, 0) is 38.4 Å². The molecule has 0 radical (unpaired) electrons. The van der Waals surface area contributed by atoms with Crippen molar-refractivity contribution in [3.8, 4) is 0 Å². The Morgan fingerprint density at radius 3 is 3.00 bits per heavy atom. The summed E-state index contributed by atoms with van der Waals surface area (Å²) in [7, 11) is 0. The summed E-state index contributed by atoms with van der Waals surface area (Å²) in [6.45, 7) is 5.25. The zero-order valence-electron chi connectivity index (χ0n) is 13.4. The Labute approximate surface area is 156 Å². The third-order valence-electron chi connectivity index (χ3n) is 4.11. The molecule has 3 rings (SSSR count). The van der Waals surface area contributed by atoms with E-state index in [2.05, 4.69) is 15.3 Å². The number of nitrogens with one attached hydrogen (secondary N) is 1. The Morgan fingerprint density at radius 2 is 2.38 bits per heavy atom. The molecule has 0 aromatic carbocycles. The maximum atomic E-state index is 13.0. The molecule has 1 atom stereocenters. The van der Waals surface area contributed by atoms with Gasteiger partial charge in [0.1, 0.15) is 0 Å². The van der Waals surface area contributed by atoms with Crippen molar-refractivity contribution < 1.29 is 4.79 Å². The SMILES string of the molecule is Cc1ncsc1CN(CC1CCNC1)C(=O)c1ccncc1Cl.Cl. The molecule has 2 aromatic heterocycles. The average molecular weight is 387 g/mol. The van der Waals surface area contributed by atoms with Gasteiger partial charge in [-0.25, -0.2) is 4.98 Å². The predicted octanol–water partition coefficient (Wildman–Crippen LogP) is 3.17. The van der Waals surface area contributed by atoms with Gasteiger partial charge in [-0.3, -0.25) is 9.78 Å². The summed E-state index contributed by atoms with van der Waals surface area (Å²) in [6.07, 6.45) is 4.21. The van der Waals surface area contributed by atoms with Crippen molar-refractivity contribution in [2.45, 2.75) is 19.9 Å². The van der Waals surface area contributed by atoms with Gasteiger partial charge < -0.3 is 10.2 Å². The molecule has 1 fully saturated rings. The van der Waals surface area contributed by atoms with Crippen LogP contribution in [-0.4, -0.2) is 40.4 Å². The molecule has 130 valence electrons. The van der Waals surface area contributed by atoms with Crippen molar-refractivity contribution in [1.29, 1.82) is 0 Å². The topological polar surface area (TPSA) is 58.1 Å². The Hall–Kier alpha value is -1.21. The number of rotatable bonds is 5. The number of aryl methyl sites for hydroxylation is 1. The summed E-state index contributed by atoms with van der Waals surface area (Å²) in [5.41, 5.74) is 3.32. The summed E-state index contributed by atoms with van der Waals surface area (Å²) in [6, 6.07) is 1.68. The molecule has 1 aliphatic heterocycles. The lowest BCUT2D eigenvalue weighted by Gasteiger charge is -2.25. The highest BCUT2D eigenvalue weighted by Crippen LogP contribution is 2.22. The highest BCUT2D eigenvalue weighted by molar-refractivity contribution is 7.09. The van der Waals surface area contributed by atoms with E-state index >= 15 is 0 Å². The van der Waals surface area contributed by atoms with E-state index in [1.807, 2.05) is 17.3 Å². The highest BCUT2D eigenvalue weighted by Gasteiger charge is 2.25. The molecular formula is C16H20Cl2N4OS. The van der Waals surface area contributed by atoms with Gasteiger partial charge in [0, 0.05) is 23.8 Å². The van der Waals surface area contributed by atoms with Crippen LogP contribution in [-0.2, 0) is 6.54 Å². The van der Waals surface area contributed by atoms with E-state index in [1.165, 1.54) is 6.20 Å². The minimum atomic E-state index is -0.0444. The summed E-state index contributed by atoms with van der Waals surface area (Å²) < 4.78 is 0. The second-order valence-electron chi connectivity index (χ2n) is 5.76. The van der Waals surface area contributed by atoms with Crippen LogP contribution >= 0.6 is 35.3 Å². The van der Waals surface area contributed by atoms with Crippen LogP contribution in [0.25, 0.3) is 0 Å². The van der Waals surface area contributed by atoms with Gasteiger partial charge in [0.15, 0.2) is 0 Å². The molecule has 1 aliphatic rings. The number of aromatic nitrogens is 2. The minimum Gasteiger partial charge on any atom is -0.333 e. The Bertz CT molecular complexity index is 688. The number of hydrogen-bond acceptors (Lipinski definition) is 5. The van der Waals surface area contributed by atoms with Crippen molar-refractivity contribution in [3.05, 3.63) is 45.1 Å². The summed E-state index contributed by atoms with van der Waals surface area (Å²) in [4.78, 5) is 24.2. The lowest BCUT2D eigenvalue weighted by atomic mass is 10.1. The van der Waals surface area contributed by atoms with Crippen LogP contribution in [0.1, 0.15) is 27.3 Å². The van der Waals surface area contributed by atoms with Crippen LogP contribution in [0.15, 0.2) is 24.0 Å². The number of halogens is 2. The molecule has 1 saturated heterocycles. The molecule has 0 spiro atoms. The molecule has 0 saturated carbocycles.